The number of fused-ring (bicyclic) bond motifs is 1. The zero-order valence-corrected chi connectivity index (χ0v) is 13.5. The summed E-state index contributed by atoms with van der Waals surface area (Å²) < 4.78 is 15.2. The molecule has 0 spiro atoms. The van der Waals surface area contributed by atoms with E-state index in [0.29, 0.717) is 16.9 Å². The van der Waals surface area contributed by atoms with Gasteiger partial charge in [-0.15, -0.1) is 0 Å². The molecule has 2 aromatic rings. The average Bonchev–Trinajstić information content (AvgIpc) is 2.59. The Morgan fingerprint density at radius 1 is 1.32 bits per heavy atom. The second-order valence-electron chi connectivity index (χ2n) is 5.46. The molecule has 0 saturated carbocycles. The molecule has 7 heteroatoms. The van der Waals surface area contributed by atoms with Crippen LogP contribution in [0.1, 0.15) is 33.2 Å². The maximum absolute atomic E-state index is 12.4. The molecule has 1 aliphatic rings. The van der Waals surface area contributed by atoms with Crippen LogP contribution in [0.2, 0.25) is 0 Å². The van der Waals surface area contributed by atoms with Crippen LogP contribution in [0.3, 0.4) is 0 Å². The van der Waals surface area contributed by atoms with Gasteiger partial charge in [0.25, 0.3) is 0 Å². The minimum atomic E-state index is -0.739. The molecule has 3 rings (SSSR count). The highest BCUT2D eigenvalue weighted by Crippen LogP contribution is 2.40. The Hall–Kier alpha value is -3.53. The third-order valence-corrected chi connectivity index (χ3v) is 3.92. The van der Waals surface area contributed by atoms with Gasteiger partial charge < -0.3 is 19.6 Å². The summed E-state index contributed by atoms with van der Waals surface area (Å²) in [4.78, 5) is 23.9. The van der Waals surface area contributed by atoms with Crippen LogP contribution in [0.15, 0.2) is 51.0 Å². The highest BCUT2D eigenvalue weighted by Gasteiger charge is 2.34. The number of benzene rings is 1. The van der Waals surface area contributed by atoms with E-state index in [2.05, 4.69) is 4.74 Å². The van der Waals surface area contributed by atoms with Gasteiger partial charge in [0, 0.05) is 6.07 Å². The standard InChI is InChI=1S/C18H14N2O5/c1-9-7-13-15(18(22)24-9)14(12(8-19)16(20)25-13)10-3-5-11(6-4-10)17(21)23-2/h3-7,14H,20H2,1-2H3. The zero-order valence-electron chi connectivity index (χ0n) is 13.5. The number of carbonyl (C=O) groups excluding carboxylic acids is 1. The van der Waals surface area contributed by atoms with Crippen molar-refractivity contribution in [1.82, 2.24) is 0 Å². The number of allylic oxidation sites excluding steroid dienone is 1. The van der Waals surface area contributed by atoms with Gasteiger partial charge in [-0.25, -0.2) is 9.59 Å². The van der Waals surface area contributed by atoms with Crippen LogP contribution >= 0.6 is 0 Å². The van der Waals surface area contributed by atoms with Gasteiger partial charge in [0.1, 0.15) is 23.2 Å². The van der Waals surface area contributed by atoms with Gasteiger partial charge in [-0.1, -0.05) is 12.1 Å². The number of ether oxygens (including phenoxy) is 2. The number of nitrogens with two attached hydrogens (primary N) is 1. The van der Waals surface area contributed by atoms with E-state index in [1.54, 1.807) is 37.3 Å². The molecular formula is C18H14N2O5. The lowest BCUT2D eigenvalue weighted by molar-refractivity contribution is 0.0600. The van der Waals surface area contributed by atoms with Crippen molar-refractivity contribution in [2.75, 3.05) is 7.11 Å². The fraction of sp³-hybridized carbons (Fsp3) is 0.167. The van der Waals surface area contributed by atoms with Crippen LogP contribution in [0.4, 0.5) is 0 Å². The summed E-state index contributed by atoms with van der Waals surface area (Å²) in [5.74, 6) is -0.659. The molecular weight excluding hydrogens is 324 g/mol. The number of hydrogen-bond donors (Lipinski definition) is 1. The van der Waals surface area contributed by atoms with Crippen LogP contribution in [-0.4, -0.2) is 13.1 Å². The summed E-state index contributed by atoms with van der Waals surface area (Å²) >= 11 is 0. The molecule has 1 aromatic carbocycles. The molecule has 1 aromatic heterocycles. The van der Waals surface area contributed by atoms with Gasteiger partial charge in [0.2, 0.25) is 5.88 Å². The molecule has 25 heavy (non-hydrogen) atoms. The first-order valence-electron chi connectivity index (χ1n) is 7.36. The van der Waals surface area contributed by atoms with Gasteiger partial charge in [0.15, 0.2) is 0 Å². The Bertz CT molecular complexity index is 980. The Morgan fingerprint density at radius 2 is 2.00 bits per heavy atom. The SMILES string of the molecule is COC(=O)c1ccc(C2C(C#N)=C(N)Oc3cc(C)oc(=O)c32)cc1. The first kappa shape index (κ1) is 16.3. The molecule has 1 atom stereocenters. The highest BCUT2D eigenvalue weighted by molar-refractivity contribution is 5.89. The lowest BCUT2D eigenvalue weighted by Gasteiger charge is -2.25. The Balaban J connectivity index is 2.19. The Labute approximate surface area is 142 Å². The second kappa shape index (κ2) is 6.17. The molecule has 0 amide bonds. The maximum atomic E-state index is 12.4. The fourth-order valence-electron chi connectivity index (χ4n) is 2.78. The summed E-state index contributed by atoms with van der Waals surface area (Å²) in [5, 5.41) is 9.47. The van der Waals surface area contributed by atoms with E-state index in [9.17, 15) is 14.9 Å². The number of aryl methyl sites for hydroxylation is 1. The summed E-state index contributed by atoms with van der Waals surface area (Å²) in [6, 6.07) is 9.92. The second-order valence-corrected chi connectivity index (χ2v) is 5.46. The van der Waals surface area contributed by atoms with Crippen molar-refractivity contribution in [2.24, 2.45) is 5.73 Å². The summed E-state index contributed by atoms with van der Waals surface area (Å²) in [5.41, 5.74) is 6.52. The van der Waals surface area contributed by atoms with E-state index in [1.807, 2.05) is 6.07 Å². The van der Waals surface area contributed by atoms with Crippen molar-refractivity contribution in [3.63, 3.8) is 0 Å². The summed E-state index contributed by atoms with van der Waals surface area (Å²) in [6.45, 7) is 1.62. The van der Waals surface area contributed by atoms with Crippen molar-refractivity contribution >= 4 is 5.97 Å². The van der Waals surface area contributed by atoms with E-state index in [4.69, 9.17) is 14.9 Å². The summed E-state index contributed by atoms with van der Waals surface area (Å²) in [6.07, 6.45) is 0. The van der Waals surface area contributed by atoms with Gasteiger partial charge in [-0.05, 0) is 24.6 Å². The van der Waals surface area contributed by atoms with Crippen molar-refractivity contribution in [3.05, 3.63) is 74.7 Å². The first-order chi connectivity index (χ1) is 12.0. The van der Waals surface area contributed by atoms with Crippen LogP contribution in [-0.2, 0) is 4.74 Å². The molecule has 2 heterocycles. The van der Waals surface area contributed by atoms with Crippen LogP contribution in [0.5, 0.6) is 5.75 Å². The summed E-state index contributed by atoms with van der Waals surface area (Å²) in [7, 11) is 1.29. The molecule has 0 saturated heterocycles. The zero-order chi connectivity index (χ0) is 18.1. The van der Waals surface area contributed by atoms with E-state index < -0.39 is 17.5 Å². The molecule has 0 fully saturated rings. The molecule has 126 valence electrons. The molecule has 0 aliphatic carbocycles. The monoisotopic (exact) mass is 338 g/mol. The highest BCUT2D eigenvalue weighted by atomic mass is 16.5. The van der Waals surface area contributed by atoms with Gasteiger partial charge >= 0.3 is 11.6 Å². The van der Waals surface area contributed by atoms with Crippen molar-refractivity contribution < 1.29 is 18.7 Å². The maximum Gasteiger partial charge on any atom is 0.343 e. The number of hydrogen-bond acceptors (Lipinski definition) is 7. The van der Waals surface area contributed by atoms with Crippen molar-refractivity contribution in [2.45, 2.75) is 12.8 Å². The lowest BCUT2D eigenvalue weighted by Crippen LogP contribution is -2.26. The normalized spacial score (nSPS) is 15.8. The van der Waals surface area contributed by atoms with Gasteiger partial charge in [-0.2, -0.15) is 5.26 Å². The third kappa shape index (κ3) is 2.74. The minimum absolute atomic E-state index is 0.0676. The van der Waals surface area contributed by atoms with E-state index in [-0.39, 0.29) is 22.8 Å². The van der Waals surface area contributed by atoms with Gasteiger partial charge in [-0.3, -0.25) is 0 Å². The van der Waals surface area contributed by atoms with E-state index in [0.717, 1.165) is 0 Å². The number of nitrogens with zero attached hydrogens (tertiary/aromatic N) is 1. The van der Waals surface area contributed by atoms with Crippen molar-refractivity contribution in [3.8, 4) is 11.8 Å². The first-order valence-corrected chi connectivity index (χ1v) is 7.36. The molecule has 1 aliphatic heterocycles. The lowest BCUT2D eigenvalue weighted by atomic mass is 9.84. The molecule has 2 N–H and O–H groups in total. The average molecular weight is 338 g/mol. The number of carbonyl (C=O) groups is 1. The molecule has 7 nitrogen and oxygen atoms in total. The van der Waals surface area contributed by atoms with Gasteiger partial charge in [0.05, 0.1) is 24.2 Å². The van der Waals surface area contributed by atoms with E-state index in [1.165, 1.54) is 7.11 Å². The topological polar surface area (TPSA) is 116 Å². The molecule has 0 radical (unpaired) electrons. The third-order valence-electron chi connectivity index (χ3n) is 3.92. The van der Waals surface area contributed by atoms with E-state index >= 15 is 0 Å². The number of rotatable bonds is 2. The largest absolute Gasteiger partial charge is 0.465 e. The predicted octanol–water partition coefficient (Wildman–Crippen LogP) is 1.95. The Kier molecular flexibility index (Phi) is 4.03. The number of esters is 1. The predicted molar refractivity (Wildman–Crippen MR) is 86.8 cm³/mol. The minimum Gasteiger partial charge on any atom is -0.465 e. The molecule has 1 unspecified atom stereocenters. The quantitative estimate of drug-likeness (QED) is 0.832. The van der Waals surface area contributed by atoms with Crippen LogP contribution < -0.4 is 16.1 Å². The fourth-order valence-corrected chi connectivity index (χ4v) is 2.78. The van der Waals surface area contributed by atoms with Crippen molar-refractivity contribution in [1.29, 1.82) is 5.26 Å². The number of methoxy groups -OCH3 is 1. The van der Waals surface area contributed by atoms with Crippen LogP contribution in [0, 0.1) is 18.3 Å². The smallest absolute Gasteiger partial charge is 0.343 e. The van der Waals surface area contributed by atoms with Crippen LogP contribution in [0.25, 0.3) is 0 Å². The molecule has 0 bridgehead atoms. The number of nitriles is 1. The Morgan fingerprint density at radius 3 is 2.60 bits per heavy atom.